The van der Waals surface area contributed by atoms with Crippen molar-refractivity contribution in [2.24, 2.45) is 0 Å². The number of piperidine rings is 1. The number of para-hydroxylation sites is 1. The number of hydrogen-bond donors (Lipinski definition) is 2. The number of amides is 1. The summed E-state index contributed by atoms with van der Waals surface area (Å²) in [5.41, 5.74) is 1.76. The van der Waals surface area contributed by atoms with Crippen LogP contribution in [-0.2, 0) is 17.8 Å². The number of fused-ring (bicyclic) bond motifs is 1. The highest BCUT2D eigenvalue weighted by Crippen LogP contribution is 2.29. The molecule has 2 aliphatic heterocycles. The highest BCUT2D eigenvalue weighted by Gasteiger charge is 2.24. The lowest BCUT2D eigenvalue weighted by molar-refractivity contribution is -0.117. The molecule has 2 aliphatic rings. The molecule has 154 valence electrons. The molecular weight excluding hydrogens is 413 g/mol. The average molecular weight is 436 g/mol. The molecule has 9 heteroatoms. The molecule has 0 atom stereocenters. The van der Waals surface area contributed by atoms with Crippen molar-refractivity contribution in [2.75, 3.05) is 36.4 Å². The fourth-order valence-corrected chi connectivity index (χ4v) is 4.35. The molecule has 0 aliphatic carbocycles. The van der Waals surface area contributed by atoms with Gasteiger partial charge < -0.3 is 10.2 Å². The Morgan fingerprint density at radius 2 is 1.86 bits per heavy atom. The van der Waals surface area contributed by atoms with Gasteiger partial charge in [0, 0.05) is 32.6 Å². The number of aromatic nitrogens is 2. The summed E-state index contributed by atoms with van der Waals surface area (Å²) in [5, 5.41) is 3.54. The Hall–Kier alpha value is -2.09. The van der Waals surface area contributed by atoms with E-state index in [4.69, 9.17) is 28.2 Å². The molecule has 0 radical (unpaired) electrons. The van der Waals surface area contributed by atoms with Gasteiger partial charge in [-0.05, 0) is 31.4 Å². The summed E-state index contributed by atoms with van der Waals surface area (Å²) in [6, 6.07) is 5.07. The third-order valence-corrected chi connectivity index (χ3v) is 6.02. The summed E-state index contributed by atoms with van der Waals surface area (Å²) in [4.78, 5) is 36.8. The molecule has 1 amide bonds. The minimum absolute atomic E-state index is 0.116. The van der Waals surface area contributed by atoms with Crippen LogP contribution >= 0.6 is 23.2 Å². The molecule has 0 bridgehead atoms. The van der Waals surface area contributed by atoms with Gasteiger partial charge in [0.05, 0.1) is 33.5 Å². The van der Waals surface area contributed by atoms with Crippen LogP contribution in [0.2, 0.25) is 10.0 Å². The number of nitrogens with one attached hydrogen (secondary N) is 2. The SMILES string of the molecule is O=C(CN1CCc2nc(N3CCCCC3)[nH]c(=O)c2C1)Nc1c(Cl)cccc1Cl. The van der Waals surface area contributed by atoms with Crippen LogP contribution in [0.1, 0.15) is 30.5 Å². The van der Waals surface area contributed by atoms with E-state index < -0.39 is 0 Å². The predicted octanol–water partition coefficient (Wildman–Crippen LogP) is 3.06. The maximum atomic E-state index is 12.7. The first-order valence-electron chi connectivity index (χ1n) is 9.84. The Bertz CT molecular complexity index is 952. The van der Waals surface area contributed by atoms with E-state index in [-0.39, 0.29) is 18.0 Å². The van der Waals surface area contributed by atoms with Gasteiger partial charge >= 0.3 is 0 Å². The van der Waals surface area contributed by atoms with E-state index in [0.29, 0.717) is 46.8 Å². The second-order valence-electron chi connectivity index (χ2n) is 7.47. The molecule has 1 aromatic heterocycles. The molecule has 0 spiro atoms. The molecule has 4 rings (SSSR count). The van der Waals surface area contributed by atoms with Crippen molar-refractivity contribution in [1.82, 2.24) is 14.9 Å². The van der Waals surface area contributed by atoms with E-state index in [1.807, 2.05) is 4.90 Å². The molecule has 1 saturated heterocycles. The Labute approximate surface area is 179 Å². The van der Waals surface area contributed by atoms with Crippen molar-refractivity contribution in [3.63, 3.8) is 0 Å². The van der Waals surface area contributed by atoms with Gasteiger partial charge in [0.2, 0.25) is 11.9 Å². The lowest BCUT2D eigenvalue weighted by atomic mass is 10.1. The number of carbonyl (C=O) groups is 1. The Balaban J connectivity index is 1.43. The Morgan fingerprint density at radius 1 is 1.14 bits per heavy atom. The summed E-state index contributed by atoms with van der Waals surface area (Å²) >= 11 is 12.2. The number of aromatic amines is 1. The zero-order chi connectivity index (χ0) is 20.4. The molecule has 0 unspecified atom stereocenters. The van der Waals surface area contributed by atoms with Crippen molar-refractivity contribution in [2.45, 2.75) is 32.2 Å². The molecule has 7 nitrogen and oxygen atoms in total. The lowest BCUT2D eigenvalue weighted by Gasteiger charge is -2.30. The first-order valence-corrected chi connectivity index (χ1v) is 10.6. The Kier molecular flexibility index (Phi) is 6.08. The molecule has 2 N–H and O–H groups in total. The van der Waals surface area contributed by atoms with Crippen molar-refractivity contribution in [1.29, 1.82) is 0 Å². The van der Waals surface area contributed by atoms with Crippen LogP contribution in [0.25, 0.3) is 0 Å². The highest BCUT2D eigenvalue weighted by atomic mass is 35.5. The van der Waals surface area contributed by atoms with Gasteiger partial charge in [0.25, 0.3) is 5.56 Å². The van der Waals surface area contributed by atoms with Crippen LogP contribution in [0.15, 0.2) is 23.0 Å². The number of rotatable bonds is 4. The molecule has 0 saturated carbocycles. The van der Waals surface area contributed by atoms with Crippen LogP contribution in [-0.4, -0.2) is 47.0 Å². The molecule has 29 heavy (non-hydrogen) atoms. The van der Waals surface area contributed by atoms with Crippen LogP contribution in [0.4, 0.5) is 11.6 Å². The molecule has 1 aromatic carbocycles. The summed E-state index contributed by atoms with van der Waals surface area (Å²) in [5.74, 6) is 0.450. The monoisotopic (exact) mass is 435 g/mol. The van der Waals surface area contributed by atoms with E-state index in [1.54, 1.807) is 18.2 Å². The van der Waals surface area contributed by atoms with Crippen LogP contribution < -0.4 is 15.8 Å². The quantitative estimate of drug-likeness (QED) is 0.770. The number of benzene rings is 1. The second-order valence-corrected chi connectivity index (χ2v) is 8.28. The molecular formula is C20H23Cl2N5O2. The third-order valence-electron chi connectivity index (χ3n) is 5.39. The fraction of sp³-hybridized carbons (Fsp3) is 0.450. The summed E-state index contributed by atoms with van der Waals surface area (Å²) in [7, 11) is 0. The van der Waals surface area contributed by atoms with Gasteiger partial charge in [-0.2, -0.15) is 0 Å². The second kappa shape index (κ2) is 8.73. The van der Waals surface area contributed by atoms with Gasteiger partial charge in [-0.1, -0.05) is 29.3 Å². The lowest BCUT2D eigenvalue weighted by Crippen LogP contribution is -2.41. The van der Waals surface area contributed by atoms with Crippen molar-refractivity contribution >= 4 is 40.7 Å². The van der Waals surface area contributed by atoms with Gasteiger partial charge in [-0.3, -0.25) is 19.5 Å². The number of nitrogens with zero attached hydrogens (tertiary/aromatic N) is 3. The van der Waals surface area contributed by atoms with Crippen LogP contribution in [0.5, 0.6) is 0 Å². The highest BCUT2D eigenvalue weighted by molar-refractivity contribution is 6.39. The predicted molar refractivity (Wildman–Crippen MR) is 115 cm³/mol. The van der Waals surface area contributed by atoms with Crippen LogP contribution in [0, 0.1) is 0 Å². The fourth-order valence-electron chi connectivity index (χ4n) is 3.86. The molecule has 1 fully saturated rings. The largest absolute Gasteiger partial charge is 0.342 e. The minimum Gasteiger partial charge on any atom is -0.342 e. The molecule has 2 aromatic rings. The van der Waals surface area contributed by atoms with Crippen LogP contribution in [0.3, 0.4) is 0 Å². The summed E-state index contributed by atoms with van der Waals surface area (Å²) < 4.78 is 0. The zero-order valence-electron chi connectivity index (χ0n) is 16.0. The Morgan fingerprint density at radius 3 is 2.59 bits per heavy atom. The summed E-state index contributed by atoms with van der Waals surface area (Å²) in [6.45, 7) is 3.06. The van der Waals surface area contributed by atoms with E-state index in [0.717, 1.165) is 31.6 Å². The zero-order valence-corrected chi connectivity index (χ0v) is 17.5. The van der Waals surface area contributed by atoms with Crippen molar-refractivity contribution in [3.05, 3.63) is 49.9 Å². The molecule has 3 heterocycles. The van der Waals surface area contributed by atoms with Crippen molar-refractivity contribution in [3.8, 4) is 0 Å². The third kappa shape index (κ3) is 4.57. The average Bonchev–Trinajstić information content (AvgIpc) is 2.72. The van der Waals surface area contributed by atoms with Gasteiger partial charge in [-0.15, -0.1) is 0 Å². The standard InChI is InChI=1S/C20H23Cl2N5O2/c21-14-5-4-6-15(22)18(14)24-17(28)12-26-10-7-16-13(11-26)19(29)25-20(23-16)27-8-2-1-3-9-27/h4-6H,1-3,7-12H2,(H,24,28)(H,23,25,29). The number of halogens is 2. The van der Waals surface area contributed by atoms with E-state index in [2.05, 4.69) is 15.2 Å². The smallest absolute Gasteiger partial charge is 0.257 e. The number of carbonyl (C=O) groups excluding carboxylic acids is 1. The van der Waals surface area contributed by atoms with E-state index in [1.165, 1.54) is 6.42 Å². The van der Waals surface area contributed by atoms with Gasteiger partial charge in [0.15, 0.2) is 0 Å². The maximum Gasteiger partial charge on any atom is 0.257 e. The number of H-pyrrole nitrogens is 1. The topological polar surface area (TPSA) is 81.3 Å². The first kappa shape index (κ1) is 20.2. The van der Waals surface area contributed by atoms with E-state index in [9.17, 15) is 9.59 Å². The van der Waals surface area contributed by atoms with E-state index >= 15 is 0 Å². The first-order chi connectivity index (χ1) is 14.0. The normalized spacial score (nSPS) is 17.1. The number of anilines is 2. The number of hydrogen-bond acceptors (Lipinski definition) is 5. The van der Waals surface area contributed by atoms with Gasteiger partial charge in [0.1, 0.15) is 0 Å². The maximum absolute atomic E-state index is 12.7. The minimum atomic E-state index is -0.224. The van der Waals surface area contributed by atoms with Crippen molar-refractivity contribution < 1.29 is 4.79 Å². The van der Waals surface area contributed by atoms with Gasteiger partial charge in [-0.25, -0.2) is 4.98 Å². The summed E-state index contributed by atoms with van der Waals surface area (Å²) in [6.07, 6.45) is 4.11.